The second kappa shape index (κ2) is 6.30. The molecule has 4 bridgehead atoms. The Morgan fingerprint density at radius 1 is 1.31 bits per heavy atom. The summed E-state index contributed by atoms with van der Waals surface area (Å²) in [5.41, 5.74) is -1.00. The fourth-order valence-corrected chi connectivity index (χ4v) is 6.72. The smallest absolute Gasteiger partial charge is 0.227 e. The summed E-state index contributed by atoms with van der Waals surface area (Å²) in [6.45, 7) is 2.51. The molecule has 0 radical (unpaired) electrons. The topological polar surface area (TPSA) is 91.3 Å². The normalized spacial score (nSPS) is 37.5. The van der Waals surface area contributed by atoms with Crippen molar-refractivity contribution in [1.82, 2.24) is 10.3 Å². The van der Waals surface area contributed by atoms with Crippen LogP contribution in [0.25, 0.3) is 0 Å². The van der Waals surface area contributed by atoms with Gasteiger partial charge >= 0.3 is 0 Å². The van der Waals surface area contributed by atoms with Crippen molar-refractivity contribution in [3.8, 4) is 0 Å². The summed E-state index contributed by atoms with van der Waals surface area (Å²) in [5.74, 6) is 0.337. The lowest BCUT2D eigenvalue weighted by molar-refractivity contribution is -0.204. The molecule has 142 valence electrons. The van der Waals surface area contributed by atoms with Crippen LogP contribution in [0.15, 0.2) is 11.6 Å². The van der Waals surface area contributed by atoms with Crippen LogP contribution < -0.4 is 10.6 Å². The molecule has 0 saturated heterocycles. The standard InChI is InChI=1S/C19H27N3O3S/c1-2-17-7-13-8-18(10-17,12-19(25,9-13)11-17)15(24)20-4-3-14(23)22-16-21-5-6-26-16/h5-6,13,25H,2-4,7-12H2,1H3,(H,20,24)(H,21,22,23)/t13-,17+,18-,19-/m1/s1. The van der Waals surface area contributed by atoms with Gasteiger partial charge in [0, 0.05) is 24.5 Å². The molecule has 26 heavy (non-hydrogen) atoms. The van der Waals surface area contributed by atoms with Crippen LogP contribution in [0, 0.1) is 16.7 Å². The van der Waals surface area contributed by atoms with E-state index in [9.17, 15) is 14.7 Å². The highest BCUT2D eigenvalue weighted by Crippen LogP contribution is 2.67. The quantitative estimate of drug-likeness (QED) is 0.711. The van der Waals surface area contributed by atoms with Crippen LogP contribution >= 0.6 is 11.3 Å². The van der Waals surface area contributed by atoms with E-state index in [2.05, 4.69) is 22.5 Å². The molecule has 1 heterocycles. The van der Waals surface area contributed by atoms with Crippen molar-refractivity contribution in [3.63, 3.8) is 0 Å². The predicted molar refractivity (Wildman–Crippen MR) is 99.7 cm³/mol. The van der Waals surface area contributed by atoms with Gasteiger partial charge in [0.1, 0.15) is 0 Å². The molecule has 0 spiro atoms. The van der Waals surface area contributed by atoms with Crippen molar-refractivity contribution < 1.29 is 14.7 Å². The molecule has 0 aromatic carbocycles. The first kappa shape index (κ1) is 17.9. The molecule has 3 N–H and O–H groups in total. The third kappa shape index (κ3) is 3.16. The first-order valence-corrected chi connectivity index (χ1v) is 10.4. The number of hydrogen-bond acceptors (Lipinski definition) is 5. The molecule has 4 atom stereocenters. The summed E-state index contributed by atoms with van der Waals surface area (Å²) in [7, 11) is 0. The Morgan fingerprint density at radius 3 is 2.85 bits per heavy atom. The molecule has 4 fully saturated rings. The SMILES string of the molecule is CC[C@@]12C[C@H]3C[C@@](O)(C1)C[C@@](C(=O)NCCC(=O)Nc1nccs1)(C3)C2. The number of amides is 2. The largest absolute Gasteiger partial charge is 0.390 e. The number of hydrogen-bond donors (Lipinski definition) is 3. The average molecular weight is 378 g/mol. The van der Waals surface area contributed by atoms with E-state index in [0.29, 0.717) is 24.0 Å². The molecule has 4 aliphatic carbocycles. The van der Waals surface area contributed by atoms with E-state index in [1.807, 2.05) is 0 Å². The second-order valence-corrected chi connectivity index (χ2v) is 9.65. The molecular weight excluding hydrogens is 350 g/mol. The van der Waals surface area contributed by atoms with Gasteiger partial charge < -0.3 is 15.7 Å². The highest BCUT2D eigenvalue weighted by Gasteiger charge is 2.64. The van der Waals surface area contributed by atoms with E-state index in [1.165, 1.54) is 11.3 Å². The van der Waals surface area contributed by atoms with E-state index in [0.717, 1.165) is 38.5 Å². The molecule has 1 aromatic rings. The lowest BCUT2D eigenvalue weighted by atomic mass is 9.42. The lowest BCUT2D eigenvalue weighted by Gasteiger charge is -2.64. The summed E-state index contributed by atoms with van der Waals surface area (Å²) in [6, 6.07) is 0. The van der Waals surface area contributed by atoms with Crippen LogP contribution in [0.4, 0.5) is 5.13 Å². The van der Waals surface area contributed by atoms with Crippen LogP contribution in [0.1, 0.15) is 58.3 Å². The van der Waals surface area contributed by atoms with Gasteiger partial charge in [-0.3, -0.25) is 9.59 Å². The summed E-state index contributed by atoms with van der Waals surface area (Å²) in [6.07, 6.45) is 8.08. The minimum atomic E-state index is -0.672. The first-order valence-electron chi connectivity index (χ1n) is 9.56. The lowest BCUT2D eigenvalue weighted by Crippen LogP contribution is -2.63. The second-order valence-electron chi connectivity index (χ2n) is 8.76. The van der Waals surface area contributed by atoms with Crippen LogP contribution in [0.5, 0.6) is 0 Å². The molecule has 1 aromatic heterocycles. The first-order chi connectivity index (χ1) is 12.4. The number of rotatable bonds is 6. The molecule has 5 rings (SSSR count). The van der Waals surface area contributed by atoms with E-state index in [4.69, 9.17) is 0 Å². The minimum Gasteiger partial charge on any atom is -0.390 e. The fraction of sp³-hybridized carbons (Fsp3) is 0.737. The Kier molecular flexibility index (Phi) is 4.34. The van der Waals surface area contributed by atoms with E-state index in [1.54, 1.807) is 11.6 Å². The minimum absolute atomic E-state index is 0.0277. The van der Waals surface area contributed by atoms with Crippen molar-refractivity contribution in [1.29, 1.82) is 0 Å². The third-order valence-corrected chi connectivity index (χ3v) is 7.39. The molecule has 0 aliphatic heterocycles. The Hall–Kier alpha value is -1.47. The average Bonchev–Trinajstić information content (AvgIpc) is 3.05. The zero-order valence-corrected chi connectivity index (χ0v) is 16.0. The van der Waals surface area contributed by atoms with Crippen molar-refractivity contribution in [3.05, 3.63) is 11.6 Å². The number of aromatic nitrogens is 1. The van der Waals surface area contributed by atoms with Gasteiger partial charge in [0.25, 0.3) is 0 Å². The number of anilines is 1. The third-order valence-electron chi connectivity index (χ3n) is 6.70. The van der Waals surface area contributed by atoms with E-state index >= 15 is 0 Å². The monoisotopic (exact) mass is 377 g/mol. The fourth-order valence-electron chi connectivity index (χ4n) is 6.18. The van der Waals surface area contributed by atoms with Crippen molar-refractivity contribution in [2.75, 3.05) is 11.9 Å². The highest BCUT2D eigenvalue weighted by atomic mass is 32.1. The van der Waals surface area contributed by atoms with Gasteiger partial charge in [0.05, 0.1) is 11.0 Å². The zero-order chi connectivity index (χ0) is 18.4. The maximum absolute atomic E-state index is 13.0. The van der Waals surface area contributed by atoms with Gasteiger partial charge in [0.15, 0.2) is 5.13 Å². The number of thiazole rings is 1. The maximum Gasteiger partial charge on any atom is 0.227 e. The molecule has 4 aliphatic rings. The molecule has 6 nitrogen and oxygen atoms in total. The van der Waals surface area contributed by atoms with E-state index in [-0.39, 0.29) is 23.7 Å². The zero-order valence-electron chi connectivity index (χ0n) is 15.2. The van der Waals surface area contributed by atoms with Gasteiger partial charge in [-0.15, -0.1) is 11.3 Å². The van der Waals surface area contributed by atoms with Gasteiger partial charge in [-0.05, 0) is 49.9 Å². The summed E-state index contributed by atoms with van der Waals surface area (Å²) in [4.78, 5) is 29.0. The Labute approximate surface area is 157 Å². The van der Waals surface area contributed by atoms with Crippen LogP contribution in [-0.2, 0) is 9.59 Å². The number of carbonyl (C=O) groups is 2. The van der Waals surface area contributed by atoms with Crippen LogP contribution in [0.2, 0.25) is 0 Å². The van der Waals surface area contributed by atoms with Crippen LogP contribution in [0.3, 0.4) is 0 Å². The highest BCUT2D eigenvalue weighted by molar-refractivity contribution is 7.13. The van der Waals surface area contributed by atoms with Gasteiger partial charge in [-0.2, -0.15) is 0 Å². The van der Waals surface area contributed by atoms with Gasteiger partial charge in [-0.25, -0.2) is 4.98 Å². The van der Waals surface area contributed by atoms with E-state index < -0.39 is 11.0 Å². The van der Waals surface area contributed by atoms with Crippen molar-refractivity contribution in [2.45, 2.75) is 63.9 Å². The van der Waals surface area contributed by atoms with Crippen LogP contribution in [-0.4, -0.2) is 34.1 Å². The molecular formula is C19H27N3O3S. The maximum atomic E-state index is 13.0. The molecule has 0 unspecified atom stereocenters. The molecule has 2 amide bonds. The summed E-state index contributed by atoms with van der Waals surface area (Å²) < 4.78 is 0. The number of nitrogens with one attached hydrogen (secondary N) is 2. The Bertz CT molecular complexity index is 709. The molecule has 4 saturated carbocycles. The van der Waals surface area contributed by atoms with Gasteiger partial charge in [0.2, 0.25) is 11.8 Å². The number of nitrogens with zero attached hydrogens (tertiary/aromatic N) is 1. The van der Waals surface area contributed by atoms with Crippen molar-refractivity contribution in [2.24, 2.45) is 16.7 Å². The number of carbonyl (C=O) groups excluding carboxylic acids is 2. The van der Waals surface area contributed by atoms with Gasteiger partial charge in [-0.1, -0.05) is 13.3 Å². The Balaban J connectivity index is 1.36. The predicted octanol–water partition coefficient (Wildman–Crippen LogP) is 2.70. The summed E-state index contributed by atoms with van der Waals surface area (Å²) in [5, 5.41) is 19.1. The Morgan fingerprint density at radius 2 is 2.15 bits per heavy atom. The van der Waals surface area contributed by atoms with Crippen molar-refractivity contribution >= 4 is 28.3 Å². The molecule has 7 heteroatoms. The summed E-state index contributed by atoms with van der Waals surface area (Å²) >= 11 is 1.37. The number of aliphatic hydroxyl groups is 1.